The fourth-order valence-electron chi connectivity index (χ4n) is 2.17. The van der Waals surface area contributed by atoms with Gasteiger partial charge in [-0.05, 0) is 59.5 Å². The Bertz CT molecular complexity index is 582. The number of aliphatic hydroxyl groups is 1. The summed E-state index contributed by atoms with van der Waals surface area (Å²) >= 11 is 7.89. The zero-order chi connectivity index (χ0) is 14.8. The van der Waals surface area contributed by atoms with E-state index in [4.69, 9.17) is 11.6 Å². The molecule has 0 radical (unpaired) electrons. The molecule has 0 bridgehead atoms. The third-order valence-corrected chi connectivity index (χ3v) is 5.87. The Labute approximate surface area is 137 Å². The van der Waals surface area contributed by atoms with E-state index in [1.165, 1.54) is 4.31 Å². The molecule has 1 aliphatic rings. The molecule has 1 fully saturated rings. The molecule has 0 aromatic heterocycles. The molecule has 20 heavy (non-hydrogen) atoms. The van der Waals surface area contributed by atoms with E-state index in [9.17, 15) is 13.5 Å². The molecule has 2 rings (SSSR count). The lowest BCUT2D eigenvalue weighted by molar-refractivity contribution is 0.166. The van der Waals surface area contributed by atoms with Gasteiger partial charge in [-0.25, -0.2) is 0 Å². The summed E-state index contributed by atoms with van der Waals surface area (Å²) in [5, 5.41) is 9.75. The summed E-state index contributed by atoms with van der Waals surface area (Å²) < 4.78 is 29.4. The van der Waals surface area contributed by atoms with Crippen molar-refractivity contribution in [2.45, 2.75) is 12.8 Å². The topological polar surface area (TPSA) is 69.6 Å². The highest BCUT2D eigenvalue weighted by Crippen LogP contribution is 2.25. The van der Waals surface area contributed by atoms with Crippen LogP contribution in [0.4, 0.5) is 5.69 Å². The summed E-state index contributed by atoms with van der Waals surface area (Å²) in [4.78, 5) is 0. The third kappa shape index (κ3) is 3.97. The van der Waals surface area contributed by atoms with Gasteiger partial charge in [-0.1, -0.05) is 11.6 Å². The molecule has 1 aromatic carbocycles. The van der Waals surface area contributed by atoms with E-state index in [0.29, 0.717) is 23.8 Å². The van der Waals surface area contributed by atoms with E-state index >= 15 is 0 Å². The molecule has 1 atom stereocenters. The van der Waals surface area contributed by atoms with Crippen molar-refractivity contribution in [1.82, 2.24) is 4.31 Å². The average Bonchev–Trinajstić information content (AvgIpc) is 2.42. The number of benzene rings is 1. The lowest BCUT2D eigenvalue weighted by atomic mass is 10.0. The minimum Gasteiger partial charge on any atom is -0.396 e. The van der Waals surface area contributed by atoms with Crippen LogP contribution < -0.4 is 4.72 Å². The van der Waals surface area contributed by atoms with Crippen LogP contribution in [0, 0.1) is 9.49 Å². The Morgan fingerprint density at radius 2 is 2.25 bits per heavy atom. The lowest BCUT2D eigenvalue weighted by Gasteiger charge is -2.31. The van der Waals surface area contributed by atoms with E-state index in [-0.39, 0.29) is 12.5 Å². The molecule has 8 heteroatoms. The van der Waals surface area contributed by atoms with Crippen molar-refractivity contribution in [3.8, 4) is 0 Å². The molecule has 1 aliphatic heterocycles. The first kappa shape index (κ1) is 16.3. The first-order chi connectivity index (χ1) is 9.42. The summed E-state index contributed by atoms with van der Waals surface area (Å²) in [6.07, 6.45) is 1.63. The number of halogens is 2. The number of piperidine rings is 1. The van der Waals surface area contributed by atoms with Gasteiger partial charge in [0.25, 0.3) is 0 Å². The average molecular weight is 431 g/mol. The highest BCUT2D eigenvalue weighted by atomic mass is 127. The van der Waals surface area contributed by atoms with Gasteiger partial charge in [-0.3, -0.25) is 4.72 Å². The van der Waals surface area contributed by atoms with E-state index < -0.39 is 10.2 Å². The van der Waals surface area contributed by atoms with E-state index in [1.54, 1.807) is 18.2 Å². The first-order valence-electron chi connectivity index (χ1n) is 6.26. The molecule has 112 valence electrons. The molecule has 1 unspecified atom stereocenters. The molecule has 0 spiro atoms. The first-order valence-corrected chi connectivity index (χ1v) is 9.16. The fraction of sp³-hybridized carbons (Fsp3) is 0.500. The molecule has 1 saturated heterocycles. The Morgan fingerprint density at radius 3 is 2.90 bits per heavy atom. The van der Waals surface area contributed by atoms with Gasteiger partial charge in [0.05, 0.1) is 5.69 Å². The van der Waals surface area contributed by atoms with Gasteiger partial charge in [0.15, 0.2) is 0 Å². The van der Waals surface area contributed by atoms with Crippen molar-refractivity contribution in [2.24, 2.45) is 5.92 Å². The molecule has 1 aromatic rings. The van der Waals surface area contributed by atoms with Crippen molar-refractivity contribution >= 4 is 50.1 Å². The smallest absolute Gasteiger partial charge is 0.301 e. The maximum Gasteiger partial charge on any atom is 0.301 e. The van der Waals surface area contributed by atoms with Gasteiger partial charge in [-0.15, -0.1) is 0 Å². The van der Waals surface area contributed by atoms with Gasteiger partial charge in [-0.2, -0.15) is 12.7 Å². The predicted octanol–water partition coefficient (Wildman–Crippen LogP) is 2.31. The number of rotatable bonds is 4. The Morgan fingerprint density at radius 1 is 1.50 bits per heavy atom. The van der Waals surface area contributed by atoms with Crippen LogP contribution in [0.5, 0.6) is 0 Å². The minimum atomic E-state index is -3.59. The zero-order valence-corrected chi connectivity index (χ0v) is 14.4. The second-order valence-corrected chi connectivity index (χ2v) is 8.05. The van der Waals surface area contributed by atoms with Crippen LogP contribution in [0.2, 0.25) is 5.02 Å². The maximum absolute atomic E-state index is 12.4. The van der Waals surface area contributed by atoms with E-state index in [1.807, 2.05) is 22.6 Å². The Kier molecular flexibility index (Phi) is 5.52. The Hall–Kier alpha value is -0.0900. The number of aliphatic hydroxyl groups excluding tert-OH is 1. The van der Waals surface area contributed by atoms with Crippen LogP contribution in [-0.2, 0) is 10.2 Å². The van der Waals surface area contributed by atoms with Crippen molar-refractivity contribution in [2.75, 3.05) is 24.4 Å². The molecule has 5 nitrogen and oxygen atoms in total. The number of hydrogen-bond donors (Lipinski definition) is 2. The molecule has 2 N–H and O–H groups in total. The van der Waals surface area contributed by atoms with Gasteiger partial charge >= 0.3 is 10.2 Å². The monoisotopic (exact) mass is 430 g/mol. The molecule has 0 aliphatic carbocycles. The highest BCUT2D eigenvalue weighted by molar-refractivity contribution is 14.1. The molecule has 1 heterocycles. The fourth-order valence-corrected chi connectivity index (χ4v) is 4.72. The van der Waals surface area contributed by atoms with Crippen LogP contribution in [0.3, 0.4) is 0 Å². The quantitative estimate of drug-likeness (QED) is 0.720. The summed E-state index contributed by atoms with van der Waals surface area (Å²) in [7, 11) is -3.59. The van der Waals surface area contributed by atoms with Crippen LogP contribution in [0.25, 0.3) is 0 Å². The number of hydrogen-bond acceptors (Lipinski definition) is 3. The van der Waals surface area contributed by atoms with Crippen LogP contribution in [-0.4, -0.2) is 37.5 Å². The van der Waals surface area contributed by atoms with E-state index in [2.05, 4.69) is 4.72 Å². The third-order valence-electron chi connectivity index (χ3n) is 3.25. The predicted molar refractivity (Wildman–Crippen MR) is 88.1 cm³/mol. The number of anilines is 1. The molecular formula is C12H16ClIN2O3S. The normalized spacial score (nSPS) is 20.9. The zero-order valence-electron chi connectivity index (χ0n) is 10.7. The second-order valence-electron chi connectivity index (χ2n) is 4.78. The standard InChI is InChI=1S/C12H16ClIN2O3S/c13-10-3-4-12(11(14)6-10)15-20(18,19)16-5-1-2-9(7-16)8-17/h3-4,6,9,15,17H,1-2,5,7-8H2. The van der Waals surface area contributed by atoms with Crippen molar-refractivity contribution in [1.29, 1.82) is 0 Å². The van der Waals surface area contributed by atoms with Gasteiger partial charge in [0.2, 0.25) is 0 Å². The summed E-state index contributed by atoms with van der Waals surface area (Å²) in [5.41, 5.74) is 0.515. The number of nitrogens with one attached hydrogen (secondary N) is 1. The second kappa shape index (κ2) is 6.78. The molecular weight excluding hydrogens is 415 g/mol. The number of nitrogens with zero attached hydrogens (tertiary/aromatic N) is 1. The summed E-state index contributed by atoms with van der Waals surface area (Å²) in [6, 6.07) is 5.00. The van der Waals surface area contributed by atoms with Gasteiger partial charge in [0, 0.05) is 28.3 Å². The van der Waals surface area contributed by atoms with Crippen molar-refractivity contribution < 1.29 is 13.5 Å². The van der Waals surface area contributed by atoms with Crippen molar-refractivity contribution in [3.63, 3.8) is 0 Å². The minimum absolute atomic E-state index is 0.0182. The SMILES string of the molecule is O=S(=O)(Nc1ccc(Cl)cc1I)N1CCCC(CO)C1. The highest BCUT2D eigenvalue weighted by Gasteiger charge is 2.28. The van der Waals surface area contributed by atoms with Crippen LogP contribution in [0.15, 0.2) is 18.2 Å². The van der Waals surface area contributed by atoms with Gasteiger partial charge in [0.1, 0.15) is 0 Å². The van der Waals surface area contributed by atoms with E-state index in [0.717, 1.165) is 16.4 Å². The maximum atomic E-state index is 12.4. The van der Waals surface area contributed by atoms with Crippen molar-refractivity contribution in [3.05, 3.63) is 26.8 Å². The summed E-state index contributed by atoms with van der Waals surface area (Å²) in [6.45, 7) is 0.858. The van der Waals surface area contributed by atoms with Crippen LogP contribution in [0.1, 0.15) is 12.8 Å². The molecule has 0 amide bonds. The van der Waals surface area contributed by atoms with Gasteiger partial charge < -0.3 is 5.11 Å². The largest absolute Gasteiger partial charge is 0.396 e. The molecule has 0 saturated carbocycles. The lowest BCUT2D eigenvalue weighted by Crippen LogP contribution is -2.43. The van der Waals surface area contributed by atoms with Crippen LogP contribution >= 0.6 is 34.2 Å². The Balaban J connectivity index is 2.14. The summed E-state index contributed by atoms with van der Waals surface area (Å²) in [5.74, 6) is 0.0182.